The van der Waals surface area contributed by atoms with E-state index < -0.39 is 11.2 Å². The van der Waals surface area contributed by atoms with Crippen LogP contribution in [0.25, 0.3) is 0 Å². The maximum absolute atomic E-state index is 9.78. The topological polar surface area (TPSA) is 81.5 Å². The molecule has 5 N–H and O–H groups in total. The van der Waals surface area contributed by atoms with Crippen molar-refractivity contribution in [1.82, 2.24) is 0 Å². The first kappa shape index (κ1) is 13.5. The summed E-state index contributed by atoms with van der Waals surface area (Å²) in [5.41, 5.74) is 9.79. The standard InChI is InChI=1S/C9H20BN2O2/c1-8(2,13)9(3,4)14-10-7(5-11)6-12/h5,13H,6,11-12H2,1-4H3/b7-5+. The third-order valence-corrected chi connectivity index (χ3v) is 2.43. The van der Waals surface area contributed by atoms with Crippen molar-refractivity contribution in [2.75, 3.05) is 6.54 Å². The van der Waals surface area contributed by atoms with Crippen molar-refractivity contribution in [3.8, 4) is 0 Å². The highest BCUT2D eigenvalue weighted by Crippen LogP contribution is 2.24. The fourth-order valence-corrected chi connectivity index (χ4v) is 0.523. The molecule has 81 valence electrons. The molecule has 0 aliphatic rings. The van der Waals surface area contributed by atoms with Crippen molar-refractivity contribution in [2.24, 2.45) is 11.5 Å². The van der Waals surface area contributed by atoms with Gasteiger partial charge in [-0.3, -0.25) is 0 Å². The Labute approximate surface area is 86.6 Å². The smallest absolute Gasteiger partial charge is 0.329 e. The molecular weight excluding hydrogens is 179 g/mol. The summed E-state index contributed by atoms with van der Waals surface area (Å²) in [4.78, 5) is 0. The fourth-order valence-electron chi connectivity index (χ4n) is 0.523. The molecule has 0 atom stereocenters. The summed E-state index contributed by atoms with van der Waals surface area (Å²) in [5.74, 6) is 0. The first-order valence-corrected chi connectivity index (χ1v) is 4.59. The minimum atomic E-state index is -0.933. The molecule has 0 saturated heterocycles. The summed E-state index contributed by atoms with van der Waals surface area (Å²) in [6.07, 6.45) is 1.39. The van der Waals surface area contributed by atoms with Crippen LogP contribution in [0, 0.1) is 0 Å². The van der Waals surface area contributed by atoms with E-state index in [1.807, 2.05) is 0 Å². The molecule has 0 aromatic heterocycles. The lowest BCUT2D eigenvalue weighted by molar-refractivity contribution is -0.0897. The fraction of sp³-hybridized carbons (Fsp3) is 0.778. The second kappa shape index (κ2) is 4.82. The van der Waals surface area contributed by atoms with Gasteiger partial charge in [0.1, 0.15) is 0 Å². The van der Waals surface area contributed by atoms with Crippen LogP contribution in [0.2, 0.25) is 0 Å². The van der Waals surface area contributed by atoms with Crippen molar-refractivity contribution < 1.29 is 9.76 Å². The molecule has 0 bridgehead atoms. The highest BCUT2D eigenvalue weighted by Gasteiger charge is 2.35. The van der Waals surface area contributed by atoms with E-state index in [9.17, 15) is 5.11 Å². The van der Waals surface area contributed by atoms with Crippen molar-refractivity contribution >= 4 is 7.48 Å². The van der Waals surface area contributed by atoms with Crippen LogP contribution in [0.5, 0.6) is 0 Å². The van der Waals surface area contributed by atoms with Crippen LogP contribution in [-0.4, -0.2) is 30.3 Å². The summed E-state index contributed by atoms with van der Waals surface area (Å²) in [6, 6.07) is 0. The number of hydrogen-bond donors (Lipinski definition) is 3. The van der Waals surface area contributed by atoms with Gasteiger partial charge in [0.25, 0.3) is 0 Å². The Morgan fingerprint density at radius 3 is 2.21 bits per heavy atom. The van der Waals surface area contributed by atoms with Crippen molar-refractivity contribution in [3.05, 3.63) is 11.7 Å². The van der Waals surface area contributed by atoms with E-state index in [4.69, 9.17) is 16.1 Å². The normalized spacial score (nSPS) is 14.3. The first-order chi connectivity index (χ1) is 6.24. The summed E-state index contributed by atoms with van der Waals surface area (Å²) in [7, 11) is 1.48. The zero-order valence-electron chi connectivity index (χ0n) is 9.37. The highest BCUT2D eigenvalue weighted by atomic mass is 16.5. The molecule has 0 aromatic rings. The van der Waals surface area contributed by atoms with Gasteiger partial charge >= 0.3 is 7.48 Å². The molecular formula is C9H20BN2O2. The Morgan fingerprint density at radius 1 is 1.43 bits per heavy atom. The Balaban J connectivity index is 4.26. The van der Waals surface area contributed by atoms with E-state index >= 15 is 0 Å². The molecule has 0 rings (SSSR count). The van der Waals surface area contributed by atoms with Gasteiger partial charge in [-0.15, -0.1) is 0 Å². The van der Waals surface area contributed by atoms with Gasteiger partial charge in [-0.25, -0.2) is 0 Å². The second-order valence-corrected chi connectivity index (χ2v) is 4.25. The van der Waals surface area contributed by atoms with Crippen molar-refractivity contribution in [3.63, 3.8) is 0 Å². The Bertz CT molecular complexity index is 209. The van der Waals surface area contributed by atoms with E-state index in [0.717, 1.165) is 0 Å². The van der Waals surface area contributed by atoms with Gasteiger partial charge in [0, 0.05) is 6.54 Å². The van der Waals surface area contributed by atoms with E-state index in [1.165, 1.54) is 13.7 Å². The minimum Gasteiger partial charge on any atom is -0.427 e. The number of aliphatic hydroxyl groups is 1. The van der Waals surface area contributed by atoms with Gasteiger partial charge in [0.15, 0.2) is 0 Å². The van der Waals surface area contributed by atoms with E-state index in [0.29, 0.717) is 12.0 Å². The van der Waals surface area contributed by atoms with Gasteiger partial charge in [-0.2, -0.15) is 0 Å². The van der Waals surface area contributed by atoms with Crippen LogP contribution in [0.4, 0.5) is 0 Å². The molecule has 0 unspecified atom stereocenters. The predicted octanol–water partition coefficient (Wildman–Crippen LogP) is -0.0695. The number of nitrogens with two attached hydrogens (primary N) is 2. The molecule has 0 spiro atoms. The average Bonchev–Trinajstić information content (AvgIpc) is 2.04. The van der Waals surface area contributed by atoms with E-state index in [2.05, 4.69) is 0 Å². The molecule has 4 nitrogen and oxygen atoms in total. The average molecular weight is 199 g/mol. The van der Waals surface area contributed by atoms with Gasteiger partial charge in [-0.1, -0.05) is 0 Å². The lowest BCUT2D eigenvalue weighted by atomic mass is 9.82. The van der Waals surface area contributed by atoms with E-state index in [1.54, 1.807) is 27.7 Å². The van der Waals surface area contributed by atoms with Crippen LogP contribution in [0.3, 0.4) is 0 Å². The monoisotopic (exact) mass is 199 g/mol. The van der Waals surface area contributed by atoms with E-state index in [-0.39, 0.29) is 0 Å². The summed E-state index contributed by atoms with van der Waals surface area (Å²) < 4.78 is 5.43. The molecule has 0 heterocycles. The molecule has 0 fully saturated rings. The zero-order valence-corrected chi connectivity index (χ0v) is 9.37. The molecule has 5 heteroatoms. The lowest BCUT2D eigenvalue weighted by Crippen LogP contribution is -2.48. The van der Waals surface area contributed by atoms with Crippen LogP contribution in [-0.2, 0) is 4.65 Å². The Hall–Kier alpha value is -0.515. The van der Waals surface area contributed by atoms with Crippen molar-refractivity contribution in [2.45, 2.75) is 38.9 Å². The molecule has 0 aliphatic heterocycles. The van der Waals surface area contributed by atoms with Gasteiger partial charge < -0.3 is 21.2 Å². The maximum Gasteiger partial charge on any atom is 0.329 e. The van der Waals surface area contributed by atoms with Gasteiger partial charge in [0.05, 0.1) is 11.2 Å². The molecule has 14 heavy (non-hydrogen) atoms. The molecule has 0 aromatic carbocycles. The number of hydrogen-bond acceptors (Lipinski definition) is 4. The Morgan fingerprint density at radius 2 is 1.93 bits per heavy atom. The molecule has 0 amide bonds. The van der Waals surface area contributed by atoms with Crippen LogP contribution >= 0.6 is 0 Å². The predicted molar refractivity (Wildman–Crippen MR) is 58.5 cm³/mol. The number of rotatable bonds is 5. The molecule has 0 saturated carbocycles. The van der Waals surface area contributed by atoms with Crippen LogP contribution in [0.1, 0.15) is 27.7 Å². The zero-order chi connectivity index (χ0) is 11.4. The summed E-state index contributed by atoms with van der Waals surface area (Å²) in [6.45, 7) is 7.30. The van der Waals surface area contributed by atoms with Crippen LogP contribution < -0.4 is 11.5 Å². The quantitative estimate of drug-likeness (QED) is 0.541. The van der Waals surface area contributed by atoms with Crippen molar-refractivity contribution in [1.29, 1.82) is 0 Å². The first-order valence-electron chi connectivity index (χ1n) is 4.59. The van der Waals surface area contributed by atoms with Gasteiger partial charge in [0.2, 0.25) is 0 Å². The maximum atomic E-state index is 9.78. The SMILES string of the molecule is CC(C)(O)C(C)(C)O[B]/C(=C/N)CN. The molecule has 1 radical (unpaired) electrons. The lowest BCUT2D eigenvalue weighted by Gasteiger charge is -2.37. The second-order valence-electron chi connectivity index (χ2n) is 4.25. The largest absolute Gasteiger partial charge is 0.427 e. The minimum absolute atomic E-state index is 0.318. The Kier molecular flexibility index (Phi) is 4.64. The third kappa shape index (κ3) is 3.70. The summed E-state index contributed by atoms with van der Waals surface area (Å²) >= 11 is 0. The third-order valence-electron chi connectivity index (χ3n) is 2.43. The summed E-state index contributed by atoms with van der Waals surface area (Å²) in [5, 5.41) is 9.78. The highest BCUT2D eigenvalue weighted by molar-refractivity contribution is 6.38. The van der Waals surface area contributed by atoms with Crippen LogP contribution in [0.15, 0.2) is 11.7 Å². The molecule has 0 aliphatic carbocycles. The van der Waals surface area contributed by atoms with Gasteiger partial charge in [-0.05, 0) is 39.4 Å².